The van der Waals surface area contributed by atoms with Crippen LogP contribution in [0.4, 0.5) is 5.95 Å². The minimum atomic E-state index is 0.217. The summed E-state index contributed by atoms with van der Waals surface area (Å²) in [5.41, 5.74) is 1.20. The van der Waals surface area contributed by atoms with Crippen molar-refractivity contribution in [2.45, 2.75) is 32.1 Å². The van der Waals surface area contributed by atoms with Crippen LogP contribution in [0.1, 0.15) is 32.1 Å². The summed E-state index contributed by atoms with van der Waals surface area (Å²) in [4.78, 5) is 8.95. The Morgan fingerprint density at radius 3 is 2.75 bits per heavy atom. The first-order valence-electron chi connectivity index (χ1n) is 7.33. The summed E-state index contributed by atoms with van der Waals surface area (Å²) in [6.07, 6.45) is 8.19. The monoisotopic (exact) mass is 289 g/mol. The van der Waals surface area contributed by atoms with Crippen molar-refractivity contribution in [2.24, 2.45) is 5.41 Å². The van der Waals surface area contributed by atoms with E-state index in [0.29, 0.717) is 11.8 Å². The van der Waals surface area contributed by atoms with Crippen molar-refractivity contribution >= 4 is 28.5 Å². The molecule has 0 atom stereocenters. The molecule has 1 heterocycles. The zero-order valence-corrected chi connectivity index (χ0v) is 12.4. The molecule has 1 aliphatic rings. The first-order valence-corrected chi connectivity index (χ1v) is 7.86. The summed E-state index contributed by atoms with van der Waals surface area (Å²) in [5.74, 6) is 1.42. The molecule has 106 valence electrons. The standard InChI is InChI=1S/C16H20ClN3/c17-11-16(8-4-1-5-9-16)12-19-15-18-10-13-6-2-3-7-14(13)20-15/h2-3,6-7,10H,1,4-5,8-9,11-12H2,(H,18,19,20). The number of aromatic nitrogens is 2. The molecule has 4 heteroatoms. The van der Waals surface area contributed by atoms with Crippen LogP contribution in [0.2, 0.25) is 0 Å². The number of para-hydroxylation sites is 1. The van der Waals surface area contributed by atoms with E-state index >= 15 is 0 Å². The number of anilines is 1. The third kappa shape index (κ3) is 2.88. The Bertz CT molecular complexity index is 579. The topological polar surface area (TPSA) is 37.8 Å². The number of hydrogen-bond donors (Lipinski definition) is 1. The molecular formula is C16H20ClN3. The van der Waals surface area contributed by atoms with Crippen LogP contribution in [0.15, 0.2) is 30.5 Å². The van der Waals surface area contributed by atoms with E-state index in [1.54, 1.807) is 0 Å². The number of nitrogens with zero attached hydrogens (tertiary/aromatic N) is 2. The smallest absolute Gasteiger partial charge is 0.223 e. The summed E-state index contributed by atoms with van der Waals surface area (Å²) in [7, 11) is 0. The summed E-state index contributed by atoms with van der Waals surface area (Å²) in [6.45, 7) is 0.870. The maximum absolute atomic E-state index is 6.22. The Morgan fingerprint density at radius 2 is 1.95 bits per heavy atom. The van der Waals surface area contributed by atoms with Gasteiger partial charge in [0, 0.05) is 29.4 Å². The van der Waals surface area contributed by atoms with E-state index in [-0.39, 0.29) is 5.41 Å². The largest absolute Gasteiger partial charge is 0.354 e. The Morgan fingerprint density at radius 1 is 1.15 bits per heavy atom. The van der Waals surface area contributed by atoms with E-state index in [4.69, 9.17) is 11.6 Å². The van der Waals surface area contributed by atoms with Gasteiger partial charge in [-0.15, -0.1) is 11.6 Å². The first kappa shape index (κ1) is 13.6. The van der Waals surface area contributed by atoms with Crippen LogP contribution in [0.5, 0.6) is 0 Å². The van der Waals surface area contributed by atoms with Crippen molar-refractivity contribution in [3.05, 3.63) is 30.5 Å². The number of nitrogens with one attached hydrogen (secondary N) is 1. The van der Waals surface area contributed by atoms with Gasteiger partial charge >= 0.3 is 0 Å². The summed E-state index contributed by atoms with van der Waals surface area (Å²) in [5, 5.41) is 4.46. The highest BCUT2D eigenvalue weighted by atomic mass is 35.5. The molecule has 0 unspecified atom stereocenters. The number of alkyl halides is 1. The Balaban J connectivity index is 1.72. The number of rotatable bonds is 4. The predicted molar refractivity (Wildman–Crippen MR) is 84.3 cm³/mol. The molecule has 2 aromatic rings. The zero-order chi connectivity index (χ0) is 13.8. The Labute approximate surface area is 124 Å². The number of halogens is 1. The van der Waals surface area contributed by atoms with Gasteiger partial charge in [0.2, 0.25) is 5.95 Å². The van der Waals surface area contributed by atoms with E-state index in [0.717, 1.165) is 17.4 Å². The Hall–Kier alpha value is -1.35. The van der Waals surface area contributed by atoms with Crippen LogP contribution < -0.4 is 5.32 Å². The SMILES string of the molecule is ClCC1(CNc2ncc3ccccc3n2)CCCCC1. The fourth-order valence-electron chi connectivity index (χ4n) is 2.98. The summed E-state index contributed by atoms with van der Waals surface area (Å²) < 4.78 is 0. The maximum atomic E-state index is 6.22. The average molecular weight is 290 g/mol. The summed E-state index contributed by atoms with van der Waals surface area (Å²) in [6, 6.07) is 8.05. The molecule has 1 saturated carbocycles. The lowest BCUT2D eigenvalue weighted by Gasteiger charge is -2.35. The molecule has 0 amide bonds. The van der Waals surface area contributed by atoms with Gasteiger partial charge in [0.1, 0.15) is 0 Å². The van der Waals surface area contributed by atoms with Crippen molar-refractivity contribution in [3.63, 3.8) is 0 Å². The highest BCUT2D eigenvalue weighted by Crippen LogP contribution is 2.37. The highest BCUT2D eigenvalue weighted by molar-refractivity contribution is 6.18. The molecule has 1 fully saturated rings. The van der Waals surface area contributed by atoms with Crippen LogP contribution in [0.25, 0.3) is 10.9 Å². The van der Waals surface area contributed by atoms with Crippen molar-refractivity contribution in [1.82, 2.24) is 9.97 Å². The maximum Gasteiger partial charge on any atom is 0.223 e. The van der Waals surface area contributed by atoms with Crippen molar-refractivity contribution in [2.75, 3.05) is 17.7 Å². The number of benzene rings is 1. The first-order chi connectivity index (χ1) is 9.81. The van der Waals surface area contributed by atoms with Gasteiger partial charge in [-0.25, -0.2) is 9.97 Å². The van der Waals surface area contributed by atoms with Crippen LogP contribution in [-0.4, -0.2) is 22.4 Å². The molecular weight excluding hydrogens is 270 g/mol. The van der Waals surface area contributed by atoms with Gasteiger partial charge in [0.15, 0.2) is 0 Å². The van der Waals surface area contributed by atoms with Crippen LogP contribution in [0.3, 0.4) is 0 Å². The van der Waals surface area contributed by atoms with Gasteiger partial charge in [-0.3, -0.25) is 0 Å². The zero-order valence-electron chi connectivity index (χ0n) is 11.6. The number of hydrogen-bond acceptors (Lipinski definition) is 3. The van der Waals surface area contributed by atoms with Crippen LogP contribution in [-0.2, 0) is 0 Å². The lowest BCUT2D eigenvalue weighted by Crippen LogP contribution is -2.34. The van der Waals surface area contributed by atoms with E-state index < -0.39 is 0 Å². The van der Waals surface area contributed by atoms with Crippen molar-refractivity contribution in [1.29, 1.82) is 0 Å². The number of fused-ring (bicyclic) bond motifs is 1. The third-order valence-corrected chi connectivity index (χ3v) is 4.88. The van der Waals surface area contributed by atoms with Gasteiger partial charge in [0.25, 0.3) is 0 Å². The lowest BCUT2D eigenvalue weighted by molar-refractivity contribution is 0.237. The molecule has 3 rings (SSSR count). The molecule has 1 aromatic carbocycles. The summed E-state index contributed by atoms with van der Waals surface area (Å²) >= 11 is 6.22. The molecule has 1 aliphatic carbocycles. The lowest BCUT2D eigenvalue weighted by atomic mass is 9.75. The normalized spacial score (nSPS) is 18.1. The molecule has 0 spiro atoms. The molecule has 0 saturated heterocycles. The fraction of sp³-hybridized carbons (Fsp3) is 0.500. The minimum absolute atomic E-state index is 0.217. The second kappa shape index (κ2) is 5.96. The second-order valence-corrected chi connectivity index (χ2v) is 6.07. The van der Waals surface area contributed by atoms with Crippen LogP contribution >= 0.6 is 11.6 Å². The molecule has 1 N–H and O–H groups in total. The molecule has 3 nitrogen and oxygen atoms in total. The van der Waals surface area contributed by atoms with Gasteiger partial charge in [-0.1, -0.05) is 37.5 Å². The minimum Gasteiger partial charge on any atom is -0.354 e. The average Bonchev–Trinajstić information content (AvgIpc) is 2.54. The van der Waals surface area contributed by atoms with Crippen molar-refractivity contribution in [3.8, 4) is 0 Å². The van der Waals surface area contributed by atoms with Crippen molar-refractivity contribution < 1.29 is 0 Å². The van der Waals surface area contributed by atoms with Crippen LogP contribution in [0, 0.1) is 5.41 Å². The van der Waals surface area contributed by atoms with Gasteiger partial charge < -0.3 is 5.32 Å². The Kier molecular flexibility index (Phi) is 4.06. The van der Waals surface area contributed by atoms with E-state index in [9.17, 15) is 0 Å². The predicted octanol–water partition coefficient (Wildman–Crippen LogP) is 4.23. The third-order valence-electron chi connectivity index (χ3n) is 4.31. The van der Waals surface area contributed by atoms with E-state index in [1.807, 2.05) is 30.5 Å². The van der Waals surface area contributed by atoms with E-state index in [2.05, 4.69) is 15.3 Å². The van der Waals surface area contributed by atoms with Gasteiger partial charge in [-0.05, 0) is 18.9 Å². The van der Waals surface area contributed by atoms with Gasteiger partial charge in [-0.2, -0.15) is 0 Å². The van der Waals surface area contributed by atoms with E-state index in [1.165, 1.54) is 32.1 Å². The molecule has 0 radical (unpaired) electrons. The van der Waals surface area contributed by atoms with Gasteiger partial charge in [0.05, 0.1) is 5.52 Å². The quantitative estimate of drug-likeness (QED) is 0.856. The second-order valence-electron chi connectivity index (χ2n) is 5.80. The molecule has 20 heavy (non-hydrogen) atoms. The fourth-order valence-corrected chi connectivity index (χ4v) is 3.35. The highest BCUT2D eigenvalue weighted by Gasteiger charge is 2.31. The molecule has 1 aromatic heterocycles. The molecule has 0 bridgehead atoms. The molecule has 0 aliphatic heterocycles.